The van der Waals surface area contributed by atoms with E-state index in [0.29, 0.717) is 15.1 Å². The molecule has 6 aromatic rings. The van der Waals surface area contributed by atoms with Crippen LogP contribution in [0.25, 0.3) is 22.8 Å². The van der Waals surface area contributed by atoms with E-state index in [1.54, 1.807) is 12.4 Å². The zero-order valence-electron chi connectivity index (χ0n) is 25.6. The van der Waals surface area contributed by atoms with Gasteiger partial charge in [-0.1, -0.05) is 89.4 Å². The summed E-state index contributed by atoms with van der Waals surface area (Å²) in [5.41, 5.74) is 3.89. The Kier molecular flexibility index (Phi) is 20.1. The summed E-state index contributed by atoms with van der Waals surface area (Å²) in [6, 6.07) is 34.9. The topological polar surface area (TPSA) is 192 Å². The molecule has 0 bridgehead atoms. The summed E-state index contributed by atoms with van der Waals surface area (Å²) in [6.07, 6.45) is 3.54. The smallest absolute Gasteiger partial charge is 0.545 e. The van der Waals surface area contributed by atoms with E-state index in [0.717, 1.165) is 22.8 Å². The maximum absolute atomic E-state index is 10.2. The first-order valence-corrected chi connectivity index (χ1v) is 14.9. The van der Waals surface area contributed by atoms with Crippen LogP contribution >= 0.6 is 34.8 Å². The van der Waals surface area contributed by atoms with Gasteiger partial charge in [-0.25, -0.2) is 4.98 Å². The van der Waals surface area contributed by atoms with Crippen molar-refractivity contribution in [3.63, 3.8) is 0 Å². The molecule has 10 nitrogen and oxygen atoms in total. The van der Waals surface area contributed by atoms with Gasteiger partial charge in [0.05, 0.1) is 40.7 Å². The summed E-state index contributed by atoms with van der Waals surface area (Å²) in [7, 11) is 0. The van der Waals surface area contributed by atoms with Crippen LogP contribution in [0.1, 0.15) is 31.1 Å². The fourth-order valence-electron chi connectivity index (χ4n) is 3.51. The van der Waals surface area contributed by atoms with Gasteiger partial charge in [0.15, 0.2) is 0 Å². The zero-order valence-corrected chi connectivity index (χ0v) is 29.6. The van der Waals surface area contributed by atoms with Crippen LogP contribution in [-0.4, -0.2) is 32.9 Å². The molecule has 0 saturated heterocycles. The SMILES string of the molecule is O=C([O-])c1ccc(Cl)cc1.O=C([O-])c1ccc(Cl)cc1.O=C([O-])c1ccc(Cl)cc1.[OH3+].[Tm+3].c1ccc(-c2cccc(-c3ccccn3)n2)nc1. The Hall–Kier alpha value is -4.42. The van der Waals surface area contributed by atoms with Crippen molar-refractivity contribution < 1.29 is 72.1 Å². The third kappa shape index (κ3) is 15.4. The Balaban J connectivity index is 0.000000344. The number of pyridine rings is 3. The maximum atomic E-state index is 10.2. The van der Waals surface area contributed by atoms with Crippen molar-refractivity contribution in [2.45, 2.75) is 0 Å². The van der Waals surface area contributed by atoms with Crippen LogP contribution < -0.4 is 15.3 Å². The van der Waals surface area contributed by atoms with E-state index in [1.807, 2.05) is 54.6 Å². The van der Waals surface area contributed by atoms with E-state index in [4.69, 9.17) is 34.8 Å². The van der Waals surface area contributed by atoms with Crippen LogP contribution in [0.15, 0.2) is 140 Å². The predicted molar refractivity (Wildman–Crippen MR) is 183 cm³/mol. The minimum Gasteiger partial charge on any atom is -0.545 e. The molecule has 3 aromatic carbocycles. The normalized spacial score (nSPS) is 9.26. The van der Waals surface area contributed by atoms with Crippen molar-refractivity contribution in [3.8, 4) is 22.8 Å². The Morgan fingerprint density at radius 2 is 0.700 bits per heavy atom. The number of nitrogens with zero attached hydrogens (tertiary/aromatic N) is 3. The summed E-state index contributed by atoms with van der Waals surface area (Å²) in [4.78, 5) is 43.7. The molecule has 50 heavy (non-hydrogen) atoms. The zero-order chi connectivity index (χ0) is 34.9. The standard InChI is InChI=1S/C15H11N3.3C7H5ClO2.H2O.Tm/c1-3-10-16-12(6-1)14-8-5-9-15(18-14)13-7-2-4-11-17-13;3*8-6-3-1-5(2-4-6)7(9)10;;/h1-11H;3*1-4H,(H,9,10);1H2;/q;;;;;+3/p-2. The summed E-state index contributed by atoms with van der Waals surface area (Å²) in [6.45, 7) is 0. The van der Waals surface area contributed by atoms with Gasteiger partial charge in [0.2, 0.25) is 0 Å². The number of halogens is 3. The van der Waals surface area contributed by atoms with Crippen molar-refractivity contribution in [1.29, 1.82) is 0 Å². The molecule has 0 fully saturated rings. The Bertz CT molecular complexity index is 1730. The minimum atomic E-state index is -1.18. The van der Waals surface area contributed by atoms with Gasteiger partial charge in [-0.2, -0.15) is 0 Å². The number of carboxylic acid groups (broad SMARTS) is 3. The molecule has 14 heteroatoms. The van der Waals surface area contributed by atoms with E-state index in [2.05, 4.69) is 15.0 Å². The number of aromatic carboxylic acids is 3. The van der Waals surface area contributed by atoms with Crippen LogP contribution in [0.3, 0.4) is 0 Å². The summed E-state index contributed by atoms with van der Waals surface area (Å²) >= 11 is 16.5. The number of rotatable bonds is 5. The van der Waals surface area contributed by atoms with E-state index < -0.39 is 17.9 Å². The van der Waals surface area contributed by atoms with Crippen LogP contribution in [0.4, 0.5) is 0 Å². The van der Waals surface area contributed by atoms with Crippen LogP contribution in [0.2, 0.25) is 15.1 Å². The second-order valence-corrected chi connectivity index (χ2v) is 10.5. The average molecular weight is 888 g/mol. The molecule has 0 atom stereocenters. The molecular formula is C36H26Cl3N3O7Tm+. The first-order valence-electron chi connectivity index (χ1n) is 13.7. The van der Waals surface area contributed by atoms with E-state index in [-0.39, 0.29) is 59.0 Å². The van der Waals surface area contributed by atoms with Crippen molar-refractivity contribution in [2.75, 3.05) is 0 Å². The average Bonchev–Trinajstić information content (AvgIpc) is 3.10. The summed E-state index contributed by atoms with van der Waals surface area (Å²) < 4.78 is 0. The molecular weight excluding hydrogens is 862 g/mol. The van der Waals surface area contributed by atoms with Crippen molar-refractivity contribution in [1.82, 2.24) is 15.0 Å². The number of hydrogen-bond acceptors (Lipinski definition) is 9. The fourth-order valence-corrected chi connectivity index (χ4v) is 3.88. The molecule has 0 aliphatic rings. The first-order chi connectivity index (χ1) is 23.0. The second kappa shape index (κ2) is 23.1. The molecule has 3 N–H and O–H groups in total. The van der Waals surface area contributed by atoms with Crippen molar-refractivity contribution in [3.05, 3.63) is 172 Å². The predicted octanol–water partition coefficient (Wildman–Crippen LogP) is 4.39. The number of carboxylic acids is 3. The molecule has 0 unspecified atom stereocenters. The molecule has 0 spiro atoms. The molecule has 3 aromatic heterocycles. The molecule has 0 saturated carbocycles. The number of hydrogen-bond donors (Lipinski definition) is 0. The largest absolute Gasteiger partial charge is 3.00 e. The second-order valence-electron chi connectivity index (χ2n) is 9.22. The van der Waals surface area contributed by atoms with Crippen LogP contribution in [0.5, 0.6) is 0 Å². The van der Waals surface area contributed by atoms with Gasteiger partial charge in [-0.15, -0.1) is 0 Å². The summed E-state index contributed by atoms with van der Waals surface area (Å²) in [5, 5.41) is 32.0. The molecule has 0 aliphatic carbocycles. The Labute approximate surface area is 331 Å². The van der Waals surface area contributed by atoms with Gasteiger partial charge in [0.1, 0.15) is 0 Å². The van der Waals surface area contributed by atoms with E-state index in [9.17, 15) is 29.7 Å². The molecule has 6 rings (SSSR count). The molecule has 260 valence electrons. The quantitative estimate of drug-likeness (QED) is 0.226. The summed E-state index contributed by atoms with van der Waals surface area (Å²) in [5.74, 6) is -3.55. The molecule has 0 aliphatic heterocycles. The van der Waals surface area contributed by atoms with Crippen molar-refractivity contribution >= 4 is 52.7 Å². The van der Waals surface area contributed by atoms with E-state index >= 15 is 0 Å². The molecule has 0 radical (unpaired) electrons. The molecule has 3 heterocycles. The Morgan fingerprint density at radius 3 is 0.940 bits per heavy atom. The maximum Gasteiger partial charge on any atom is 3.00 e. The minimum absolute atomic E-state index is 0. The van der Waals surface area contributed by atoms with Gasteiger partial charge in [0, 0.05) is 27.5 Å². The third-order valence-electron chi connectivity index (χ3n) is 5.84. The first kappa shape index (κ1) is 43.6. The van der Waals surface area contributed by atoms with Crippen molar-refractivity contribution in [2.24, 2.45) is 0 Å². The van der Waals surface area contributed by atoms with E-state index in [1.165, 1.54) is 72.8 Å². The third-order valence-corrected chi connectivity index (χ3v) is 6.60. The van der Waals surface area contributed by atoms with Gasteiger partial charge in [0.25, 0.3) is 0 Å². The number of aromatic nitrogens is 3. The van der Waals surface area contributed by atoms with Crippen LogP contribution in [0, 0.1) is 36.9 Å². The molecule has 0 amide bonds. The monoisotopic (exact) mass is 886 g/mol. The van der Waals surface area contributed by atoms with Gasteiger partial charge in [-0.3, -0.25) is 9.97 Å². The van der Waals surface area contributed by atoms with Crippen LogP contribution in [-0.2, 0) is 5.48 Å². The van der Waals surface area contributed by atoms with Gasteiger partial charge in [-0.05, 0) is 89.5 Å². The number of carbonyl (C=O) groups is 3. The fraction of sp³-hybridized carbons (Fsp3) is 0. The number of carbonyl (C=O) groups excluding carboxylic acids is 3. The Morgan fingerprint density at radius 1 is 0.420 bits per heavy atom. The van der Waals surface area contributed by atoms with Gasteiger partial charge < -0.3 is 35.2 Å². The van der Waals surface area contributed by atoms with Gasteiger partial charge >= 0.3 is 36.9 Å². The number of benzene rings is 3.